The van der Waals surface area contributed by atoms with Gasteiger partial charge in [0, 0.05) is 13.5 Å². The van der Waals surface area contributed by atoms with Crippen LogP contribution in [0.5, 0.6) is 0 Å². The second kappa shape index (κ2) is 3.49. The Hall–Kier alpha value is -0.160. The van der Waals surface area contributed by atoms with Crippen LogP contribution in [0.25, 0.3) is 0 Å². The molecule has 0 radical (unpaired) electrons. The summed E-state index contributed by atoms with van der Waals surface area (Å²) in [5.41, 5.74) is 0. The Morgan fingerprint density at radius 3 is 2.55 bits per heavy atom. The van der Waals surface area contributed by atoms with Crippen LogP contribution in [0, 0.1) is 0 Å². The minimum absolute atomic E-state index is 0.261. The van der Waals surface area contributed by atoms with E-state index < -0.39 is 18.5 Å². The molecular weight excluding hydrogens is 148 g/mol. The topological polar surface area (TPSA) is 58.9 Å². The third kappa shape index (κ3) is 1.90. The van der Waals surface area contributed by atoms with Gasteiger partial charge in [0.1, 0.15) is 6.10 Å². The van der Waals surface area contributed by atoms with Gasteiger partial charge in [0.25, 0.3) is 0 Å². The Bertz CT molecular complexity index is 128. The van der Waals surface area contributed by atoms with Gasteiger partial charge in [-0.2, -0.15) is 0 Å². The molecule has 0 bridgehead atoms. The third-order valence-electron chi connectivity index (χ3n) is 1.92. The van der Waals surface area contributed by atoms with E-state index in [0.717, 1.165) is 0 Å². The highest BCUT2D eigenvalue weighted by Gasteiger charge is 2.33. The minimum atomic E-state index is -0.716. The largest absolute Gasteiger partial charge is 0.390 e. The lowest BCUT2D eigenvalue weighted by Crippen LogP contribution is -2.46. The molecule has 4 nitrogen and oxygen atoms in total. The van der Waals surface area contributed by atoms with Gasteiger partial charge in [-0.1, -0.05) is 0 Å². The van der Waals surface area contributed by atoms with E-state index in [4.69, 9.17) is 9.47 Å². The van der Waals surface area contributed by atoms with Crippen molar-refractivity contribution in [3.8, 4) is 0 Å². The average molecular weight is 162 g/mol. The first-order valence-corrected chi connectivity index (χ1v) is 3.69. The molecule has 0 saturated carbocycles. The molecule has 0 amide bonds. The van der Waals surface area contributed by atoms with Crippen molar-refractivity contribution in [1.29, 1.82) is 0 Å². The molecule has 1 fully saturated rings. The van der Waals surface area contributed by atoms with Gasteiger partial charge in [0.15, 0.2) is 6.29 Å². The summed E-state index contributed by atoms with van der Waals surface area (Å²) in [6, 6.07) is 0. The monoisotopic (exact) mass is 162 g/mol. The molecule has 0 aromatic heterocycles. The molecule has 1 rings (SSSR count). The first-order chi connectivity index (χ1) is 5.15. The lowest BCUT2D eigenvalue weighted by molar-refractivity contribution is -0.251. The highest BCUT2D eigenvalue weighted by Crippen LogP contribution is 2.19. The Balaban J connectivity index is 2.48. The first-order valence-electron chi connectivity index (χ1n) is 3.69. The van der Waals surface area contributed by atoms with Crippen LogP contribution in [0.15, 0.2) is 0 Å². The van der Waals surface area contributed by atoms with Crippen molar-refractivity contribution >= 4 is 0 Å². The zero-order chi connectivity index (χ0) is 8.43. The number of rotatable bonds is 1. The Morgan fingerprint density at radius 1 is 1.36 bits per heavy atom. The van der Waals surface area contributed by atoms with Gasteiger partial charge in [0.2, 0.25) is 0 Å². The summed E-state index contributed by atoms with van der Waals surface area (Å²) in [6.45, 7) is 1.75. The Morgan fingerprint density at radius 2 is 2.00 bits per heavy atom. The normalized spacial score (nSPS) is 45.8. The van der Waals surface area contributed by atoms with Crippen molar-refractivity contribution in [2.24, 2.45) is 0 Å². The Labute approximate surface area is 65.7 Å². The standard InChI is InChI=1S/C7H14O4/c1-4-5(8)3-6(9)7(10-2)11-4/h4-9H,3H2,1-2H3/t4-,5-,6-,7?/m1/s1. The van der Waals surface area contributed by atoms with E-state index in [1.807, 2.05) is 0 Å². The van der Waals surface area contributed by atoms with E-state index >= 15 is 0 Å². The first kappa shape index (κ1) is 8.93. The summed E-state index contributed by atoms with van der Waals surface area (Å²) in [5.74, 6) is 0. The molecule has 1 aliphatic heterocycles. The van der Waals surface area contributed by atoms with Gasteiger partial charge in [-0.15, -0.1) is 0 Å². The molecule has 2 N–H and O–H groups in total. The fourth-order valence-corrected chi connectivity index (χ4v) is 1.16. The van der Waals surface area contributed by atoms with Crippen LogP contribution >= 0.6 is 0 Å². The maximum absolute atomic E-state index is 9.25. The molecule has 0 aliphatic carbocycles. The van der Waals surface area contributed by atoms with E-state index in [1.165, 1.54) is 7.11 Å². The summed E-state index contributed by atoms with van der Waals surface area (Å²) >= 11 is 0. The van der Waals surface area contributed by atoms with Crippen molar-refractivity contribution in [3.05, 3.63) is 0 Å². The predicted molar refractivity (Wildman–Crippen MR) is 38.0 cm³/mol. The third-order valence-corrected chi connectivity index (χ3v) is 1.92. The van der Waals surface area contributed by atoms with E-state index in [9.17, 15) is 10.2 Å². The minimum Gasteiger partial charge on any atom is -0.390 e. The molecule has 0 aromatic carbocycles. The summed E-state index contributed by atoms with van der Waals surface area (Å²) < 4.78 is 9.98. The number of methoxy groups -OCH3 is 1. The van der Waals surface area contributed by atoms with Gasteiger partial charge in [-0.3, -0.25) is 0 Å². The number of aliphatic hydroxyl groups is 2. The van der Waals surface area contributed by atoms with E-state index in [-0.39, 0.29) is 6.10 Å². The summed E-state index contributed by atoms with van der Waals surface area (Å²) in [4.78, 5) is 0. The van der Waals surface area contributed by atoms with Crippen LogP contribution in [-0.4, -0.2) is 41.9 Å². The lowest BCUT2D eigenvalue weighted by atomic mass is 10.0. The second-order valence-corrected chi connectivity index (χ2v) is 2.82. The fraction of sp³-hybridized carbons (Fsp3) is 1.00. The van der Waals surface area contributed by atoms with Crippen molar-refractivity contribution in [2.45, 2.75) is 37.9 Å². The highest BCUT2D eigenvalue weighted by molar-refractivity contribution is 4.77. The van der Waals surface area contributed by atoms with Crippen LogP contribution in [-0.2, 0) is 9.47 Å². The molecule has 1 saturated heterocycles. The molecule has 11 heavy (non-hydrogen) atoms. The summed E-state index contributed by atoms with van der Waals surface area (Å²) in [7, 11) is 1.47. The maximum Gasteiger partial charge on any atom is 0.183 e. The summed E-state index contributed by atoms with van der Waals surface area (Å²) in [5, 5.41) is 18.5. The number of aliphatic hydroxyl groups excluding tert-OH is 2. The number of ether oxygens (including phenoxy) is 2. The van der Waals surface area contributed by atoms with Crippen LogP contribution in [0.2, 0.25) is 0 Å². The zero-order valence-corrected chi connectivity index (χ0v) is 6.73. The van der Waals surface area contributed by atoms with Crippen LogP contribution in [0.4, 0.5) is 0 Å². The van der Waals surface area contributed by atoms with Crippen LogP contribution < -0.4 is 0 Å². The van der Waals surface area contributed by atoms with Gasteiger partial charge in [-0.05, 0) is 6.92 Å². The Kier molecular flexibility index (Phi) is 2.84. The fourth-order valence-electron chi connectivity index (χ4n) is 1.16. The summed E-state index contributed by atoms with van der Waals surface area (Å²) in [6.07, 6.45) is -1.83. The molecule has 1 unspecified atom stereocenters. The van der Waals surface area contributed by atoms with Gasteiger partial charge in [-0.25, -0.2) is 0 Å². The van der Waals surface area contributed by atoms with E-state index in [1.54, 1.807) is 6.92 Å². The zero-order valence-electron chi connectivity index (χ0n) is 6.73. The molecular formula is C7H14O4. The SMILES string of the molecule is COC1O[C@H](C)[C@H](O)C[C@H]1O. The molecule has 1 heterocycles. The van der Waals surface area contributed by atoms with Gasteiger partial charge >= 0.3 is 0 Å². The van der Waals surface area contributed by atoms with Gasteiger partial charge in [0.05, 0.1) is 12.2 Å². The predicted octanol–water partition coefficient (Wildman–Crippen LogP) is -0.510. The molecule has 4 heteroatoms. The second-order valence-electron chi connectivity index (χ2n) is 2.82. The van der Waals surface area contributed by atoms with Crippen molar-refractivity contribution < 1.29 is 19.7 Å². The van der Waals surface area contributed by atoms with Gasteiger partial charge < -0.3 is 19.7 Å². The molecule has 0 spiro atoms. The van der Waals surface area contributed by atoms with E-state index in [2.05, 4.69) is 0 Å². The van der Waals surface area contributed by atoms with Crippen molar-refractivity contribution in [2.75, 3.05) is 7.11 Å². The quantitative estimate of drug-likeness (QED) is 0.545. The molecule has 0 aromatic rings. The average Bonchev–Trinajstić information content (AvgIpc) is 1.97. The highest BCUT2D eigenvalue weighted by atomic mass is 16.7. The maximum atomic E-state index is 9.25. The molecule has 66 valence electrons. The number of hydrogen-bond acceptors (Lipinski definition) is 4. The van der Waals surface area contributed by atoms with Crippen LogP contribution in [0.3, 0.4) is 0 Å². The van der Waals surface area contributed by atoms with Crippen molar-refractivity contribution in [3.63, 3.8) is 0 Å². The number of hydrogen-bond donors (Lipinski definition) is 2. The molecule has 1 aliphatic rings. The molecule has 4 atom stereocenters. The van der Waals surface area contributed by atoms with Crippen LogP contribution in [0.1, 0.15) is 13.3 Å². The van der Waals surface area contributed by atoms with Crippen molar-refractivity contribution in [1.82, 2.24) is 0 Å². The smallest absolute Gasteiger partial charge is 0.183 e. The lowest BCUT2D eigenvalue weighted by Gasteiger charge is -2.34. The van der Waals surface area contributed by atoms with E-state index in [0.29, 0.717) is 6.42 Å².